The topological polar surface area (TPSA) is 154 Å². The normalized spacial score (nSPS) is 13.0. The molecule has 7 N–H and O–H groups in total. The summed E-state index contributed by atoms with van der Waals surface area (Å²) in [7, 11) is 0. The zero-order chi connectivity index (χ0) is 29.8. The Kier molecular flexibility index (Phi) is 8.00. The number of para-hydroxylation sites is 2. The Morgan fingerprint density at radius 2 is 1.86 bits per heavy atom. The lowest BCUT2D eigenvalue weighted by molar-refractivity contribution is -0.110. The Morgan fingerprint density at radius 1 is 1.05 bits per heavy atom. The molecule has 0 saturated heterocycles. The summed E-state index contributed by atoms with van der Waals surface area (Å²) in [6, 6.07) is 14.5. The van der Waals surface area contributed by atoms with Gasteiger partial charge >= 0.3 is 0 Å². The first-order valence-electron chi connectivity index (χ1n) is 13.4. The van der Waals surface area contributed by atoms with Gasteiger partial charge in [0.2, 0.25) is 0 Å². The van der Waals surface area contributed by atoms with Gasteiger partial charge in [0.05, 0.1) is 28.1 Å². The highest BCUT2D eigenvalue weighted by atomic mass is 19.1. The maximum atomic E-state index is 13.8. The molecule has 4 aromatic rings. The number of amides is 3. The van der Waals surface area contributed by atoms with Crippen molar-refractivity contribution in [1.29, 1.82) is 0 Å². The minimum Gasteiger partial charge on any atom is -0.397 e. The van der Waals surface area contributed by atoms with Crippen LogP contribution in [0.4, 0.5) is 27.3 Å². The predicted molar refractivity (Wildman–Crippen MR) is 162 cm³/mol. The van der Waals surface area contributed by atoms with Crippen LogP contribution in [0.3, 0.4) is 0 Å². The van der Waals surface area contributed by atoms with Gasteiger partial charge in [-0.15, -0.1) is 0 Å². The fourth-order valence-corrected chi connectivity index (χ4v) is 4.74. The Balaban J connectivity index is 1.12. The minimum absolute atomic E-state index is 0.235. The fraction of sp³-hybridized carbons (Fsp3) is 0.161. The monoisotopic (exact) mass is 567 g/mol. The number of benzene rings is 2. The molecular weight excluding hydrogens is 537 g/mol. The Morgan fingerprint density at radius 3 is 2.62 bits per heavy atom. The molecule has 0 radical (unpaired) electrons. The van der Waals surface area contributed by atoms with Crippen molar-refractivity contribution in [1.82, 2.24) is 15.3 Å². The molecule has 11 heteroatoms. The van der Waals surface area contributed by atoms with Crippen LogP contribution >= 0.6 is 0 Å². The first kappa shape index (κ1) is 28.1. The summed E-state index contributed by atoms with van der Waals surface area (Å²) in [5.74, 6) is -0.708. The third kappa shape index (κ3) is 5.99. The molecule has 3 amide bonds. The molecule has 0 atom stereocenters. The van der Waals surface area contributed by atoms with Gasteiger partial charge in [0, 0.05) is 41.9 Å². The van der Waals surface area contributed by atoms with Gasteiger partial charge in [-0.1, -0.05) is 12.1 Å². The Bertz CT molecular complexity index is 1710. The number of nitrogens with zero attached hydrogens (tertiary/aromatic N) is 1. The summed E-state index contributed by atoms with van der Waals surface area (Å²) in [4.78, 5) is 45.4. The number of carbonyl (C=O) groups excluding carboxylic acids is 3. The molecule has 1 aliphatic heterocycles. The number of pyridine rings is 1. The number of hydrogen-bond donors (Lipinski definition) is 6. The smallest absolute Gasteiger partial charge is 0.257 e. The number of hydrogen-bond acceptors (Lipinski definition) is 6. The van der Waals surface area contributed by atoms with E-state index >= 15 is 0 Å². The standard InChI is InChI=1S/C31H30FN7O3/c1-17-26(15-22-21-14-20(32)9-10-24(21)38-30(22)41)37-18(2)28(17)31(42)35-13-5-12-34-27-11-8-19(16-36-27)29(40)39-25-7-4-3-6-23(25)33/h3-4,6-11,14-16,37H,5,12-13,33H2,1-2H3,(H,34,36)(H,35,42)(H,38,41)(H,39,40)/b22-15-. The van der Waals surface area contributed by atoms with Crippen molar-refractivity contribution in [3.63, 3.8) is 0 Å². The number of H-pyrrole nitrogens is 1. The quantitative estimate of drug-likeness (QED) is 0.0977. The fourth-order valence-electron chi connectivity index (χ4n) is 4.74. The maximum Gasteiger partial charge on any atom is 0.257 e. The van der Waals surface area contributed by atoms with Gasteiger partial charge < -0.3 is 32.0 Å². The van der Waals surface area contributed by atoms with Gasteiger partial charge in [-0.05, 0) is 74.4 Å². The number of nitrogen functional groups attached to an aromatic ring is 1. The van der Waals surface area contributed by atoms with Crippen molar-refractivity contribution < 1.29 is 18.8 Å². The van der Waals surface area contributed by atoms with Crippen molar-refractivity contribution in [3.8, 4) is 0 Å². The van der Waals surface area contributed by atoms with Crippen LogP contribution in [-0.4, -0.2) is 40.8 Å². The van der Waals surface area contributed by atoms with Crippen LogP contribution in [0.25, 0.3) is 11.6 Å². The molecule has 0 unspecified atom stereocenters. The number of nitrogens with one attached hydrogen (secondary N) is 5. The van der Waals surface area contributed by atoms with E-state index < -0.39 is 5.82 Å². The molecule has 10 nitrogen and oxygen atoms in total. The summed E-state index contributed by atoms with van der Waals surface area (Å²) in [6.07, 6.45) is 3.75. The van der Waals surface area contributed by atoms with Gasteiger partial charge in [-0.3, -0.25) is 14.4 Å². The van der Waals surface area contributed by atoms with Crippen LogP contribution in [0.5, 0.6) is 0 Å². The van der Waals surface area contributed by atoms with E-state index in [4.69, 9.17) is 5.73 Å². The second-order valence-corrected chi connectivity index (χ2v) is 9.88. The average molecular weight is 568 g/mol. The van der Waals surface area contributed by atoms with E-state index in [1.54, 1.807) is 56.3 Å². The number of carbonyl (C=O) groups is 3. The van der Waals surface area contributed by atoms with E-state index in [1.165, 1.54) is 24.4 Å². The summed E-state index contributed by atoms with van der Waals surface area (Å²) < 4.78 is 13.8. The SMILES string of the molecule is Cc1[nH]c(/C=C2\C(=O)Nc3ccc(F)cc32)c(C)c1C(=O)NCCCNc1ccc(C(=O)Nc2ccccc2N)cn1. The first-order valence-corrected chi connectivity index (χ1v) is 13.4. The number of aromatic amines is 1. The largest absolute Gasteiger partial charge is 0.397 e. The average Bonchev–Trinajstić information content (AvgIpc) is 3.43. The molecule has 0 spiro atoms. The summed E-state index contributed by atoms with van der Waals surface area (Å²) in [5, 5.41) is 11.6. The van der Waals surface area contributed by atoms with Gasteiger partial charge in [-0.2, -0.15) is 0 Å². The molecule has 0 aliphatic carbocycles. The zero-order valence-electron chi connectivity index (χ0n) is 23.1. The minimum atomic E-state index is -0.435. The van der Waals surface area contributed by atoms with Crippen LogP contribution in [0.15, 0.2) is 60.8 Å². The first-order chi connectivity index (χ1) is 20.2. The molecular formula is C31H30FN7O3. The third-order valence-corrected chi connectivity index (χ3v) is 6.94. The van der Waals surface area contributed by atoms with E-state index in [0.717, 1.165) is 0 Å². The number of anilines is 4. The van der Waals surface area contributed by atoms with E-state index in [0.29, 0.717) is 81.6 Å². The second kappa shape index (κ2) is 12.0. The number of rotatable bonds is 9. The number of aromatic nitrogens is 2. The lowest BCUT2D eigenvalue weighted by Crippen LogP contribution is -2.26. The molecule has 2 aromatic heterocycles. The zero-order valence-corrected chi connectivity index (χ0v) is 23.1. The van der Waals surface area contributed by atoms with Crippen molar-refractivity contribution in [2.75, 3.05) is 34.8 Å². The van der Waals surface area contributed by atoms with Gasteiger partial charge in [0.1, 0.15) is 11.6 Å². The van der Waals surface area contributed by atoms with E-state index in [2.05, 4.69) is 31.2 Å². The molecule has 2 aromatic carbocycles. The van der Waals surface area contributed by atoms with E-state index in [1.807, 2.05) is 0 Å². The lowest BCUT2D eigenvalue weighted by Gasteiger charge is -2.09. The summed E-state index contributed by atoms with van der Waals surface area (Å²) in [6.45, 7) is 4.56. The van der Waals surface area contributed by atoms with Crippen molar-refractivity contribution in [2.45, 2.75) is 20.3 Å². The summed E-state index contributed by atoms with van der Waals surface area (Å²) >= 11 is 0. The van der Waals surface area contributed by atoms with E-state index in [-0.39, 0.29) is 17.7 Å². The molecule has 3 heterocycles. The molecule has 42 heavy (non-hydrogen) atoms. The summed E-state index contributed by atoms with van der Waals surface area (Å²) in [5.41, 5.74) is 11.1. The highest BCUT2D eigenvalue weighted by molar-refractivity contribution is 6.35. The second-order valence-electron chi connectivity index (χ2n) is 9.88. The molecule has 214 valence electrons. The Labute approximate surface area is 241 Å². The molecule has 5 rings (SSSR count). The van der Waals surface area contributed by atoms with Crippen LogP contribution in [0, 0.1) is 19.7 Å². The van der Waals surface area contributed by atoms with Crippen LogP contribution in [0.1, 0.15) is 49.7 Å². The molecule has 0 bridgehead atoms. The third-order valence-electron chi connectivity index (χ3n) is 6.94. The number of aryl methyl sites for hydroxylation is 1. The number of nitrogens with two attached hydrogens (primary N) is 1. The van der Waals surface area contributed by atoms with Crippen LogP contribution in [-0.2, 0) is 4.79 Å². The van der Waals surface area contributed by atoms with Gasteiger partial charge in [0.25, 0.3) is 17.7 Å². The van der Waals surface area contributed by atoms with Crippen LogP contribution < -0.4 is 27.0 Å². The van der Waals surface area contributed by atoms with E-state index in [9.17, 15) is 18.8 Å². The van der Waals surface area contributed by atoms with Gasteiger partial charge in [0.15, 0.2) is 0 Å². The van der Waals surface area contributed by atoms with Gasteiger partial charge in [-0.25, -0.2) is 9.37 Å². The predicted octanol–water partition coefficient (Wildman–Crippen LogP) is 4.72. The highest BCUT2D eigenvalue weighted by Crippen LogP contribution is 2.34. The lowest BCUT2D eigenvalue weighted by atomic mass is 10.0. The van der Waals surface area contributed by atoms with Crippen molar-refractivity contribution in [3.05, 3.63) is 100 Å². The van der Waals surface area contributed by atoms with Crippen molar-refractivity contribution >= 4 is 52.3 Å². The molecule has 0 fully saturated rings. The number of halogens is 1. The molecule has 0 saturated carbocycles. The van der Waals surface area contributed by atoms with Crippen LogP contribution in [0.2, 0.25) is 0 Å². The highest BCUT2D eigenvalue weighted by Gasteiger charge is 2.26. The Hall–Kier alpha value is -5.45. The van der Waals surface area contributed by atoms with Crippen molar-refractivity contribution in [2.24, 2.45) is 0 Å². The maximum absolute atomic E-state index is 13.8. The number of fused-ring (bicyclic) bond motifs is 1. The molecule has 1 aliphatic rings.